The number of benzene rings is 1. The Balaban J connectivity index is 2.07. The van der Waals surface area contributed by atoms with Crippen LogP contribution in [0.4, 0.5) is 0 Å². The van der Waals surface area contributed by atoms with Crippen molar-refractivity contribution in [3.05, 3.63) is 70.6 Å². The van der Waals surface area contributed by atoms with Crippen molar-refractivity contribution >= 4 is 17.5 Å². The van der Waals surface area contributed by atoms with Crippen LogP contribution in [0.5, 0.6) is 0 Å². The third-order valence-electron chi connectivity index (χ3n) is 5.68. The molecule has 1 atom stereocenters. The largest absolute Gasteiger partial charge is 0.268 e. The van der Waals surface area contributed by atoms with Gasteiger partial charge in [-0.15, -0.1) is 11.7 Å². The Hall–Kier alpha value is -2.60. The quantitative estimate of drug-likeness (QED) is 0.442. The maximum absolute atomic E-state index is 13.8. The summed E-state index contributed by atoms with van der Waals surface area (Å²) in [5, 5.41) is 5.34. The number of fused-ring (bicyclic) bond motifs is 4. The summed E-state index contributed by atoms with van der Waals surface area (Å²) in [7, 11) is 0. The lowest BCUT2D eigenvalue weighted by molar-refractivity contribution is 0.439. The van der Waals surface area contributed by atoms with E-state index >= 15 is 0 Å². The molecule has 1 aliphatic rings. The van der Waals surface area contributed by atoms with Gasteiger partial charge in [0.15, 0.2) is 5.16 Å². The van der Waals surface area contributed by atoms with E-state index in [2.05, 4.69) is 50.3 Å². The van der Waals surface area contributed by atoms with Crippen LogP contribution < -0.4 is 5.56 Å². The summed E-state index contributed by atoms with van der Waals surface area (Å²) < 4.78 is 3.44. The zero-order chi connectivity index (χ0) is 20.8. The molecule has 6 heteroatoms. The molecule has 5 nitrogen and oxygen atoms in total. The Morgan fingerprint density at radius 2 is 2.14 bits per heavy atom. The molecule has 150 valence electrons. The molecule has 2 heterocycles. The molecule has 0 saturated carbocycles. The van der Waals surface area contributed by atoms with Crippen LogP contribution in [-0.2, 0) is 18.4 Å². The van der Waals surface area contributed by atoms with Gasteiger partial charge in [-0.2, -0.15) is 0 Å². The Labute approximate surface area is 175 Å². The van der Waals surface area contributed by atoms with Crippen LogP contribution in [0.15, 0.2) is 59.0 Å². The van der Waals surface area contributed by atoms with E-state index in [0.717, 1.165) is 35.2 Å². The number of aromatic nitrogens is 4. The number of nitrogens with zero attached hydrogens (tertiary/aromatic N) is 4. The maximum atomic E-state index is 13.8. The van der Waals surface area contributed by atoms with Gasteiger partial charge in [0.05, 0.1) is 17.8 Å². The van der Waals surface area contributed by atoms with Gasteiger partial charge in [-0.1, -0.05) is 68.1 Å². The summed E-state index contributed by atoms with van der Waals surface area (Å²) in [5.41, 5.74) is 4.65. The first kappa shape index (κ1) is 19.7. The summed E-state index contributed by atoms with van der Waals surface area (Å²) in [4.78, 5) is 18.9. The van der Waals surface area contributed by atoms with E-state index in [0.29, 0.717) is 23.2 Å². The molecule has 4 rings (SSSR count). The van der Waals surface area contributed by atoms with Gasteiger partial charge in [0.2, 0.25) is 5.78 Å². The third kappa shape index (κ3) is 3.15. The van der Waals surface area contributed by atoms with Crippen molar-refractivity contribution in [2.75, 3.05) is 5.75 Å². The first-order valence-corrected chi connectivity index (χ1v) is 10.9. The van der Waals surface area contributed by atoms with Crippen molar-refractivity contribution in [1.29, 1.82) is 0 Å². The predicted octanol–water partition coefficient (Wildman–Crippen LogP) is 4.64. The molecule has 1 aliphatic carbocycles. The number of rotatable bonds is 6. The fourth-order valence-electron chi connectivity index (χ4n) is 4.03. The molecule has 2 aromatic heterocycles. The summed E-state index contributed by atoms with van der Waals surface area (Å²) in [6.07, 6.45) is 3.48. The van der Waals surface area contributed by atoms with E-state index in [-0.39, 0.29) is 11.0 Å². The van der Waals surface area contributed by atoms with E-state index in [1.54, 1.807) is 15.2 Å². The van der Waals surface area contributed by atoms with Gasteiger partial charge in [0.25, 0.3) is 5.56 Å². The molecule has 0 saturated heterocycles. The molecular formula is C23H26N4OS. The first-order chi connectivity index (χ1) is 13.9. The maximum Gasteiger partial charge on any atom is 0.265 e. The zero-order valence-electron chi connectivity index (χ0n) is 17.2. The molecule has 0 unspecified atom stereocenters. The van der Waals surface area contributed by atoms with E-state index in [9.17, 15) is 4.79 Å². The second kappa shape index (κ2) is 7.34. The second-order valence-corrected chi connectivity index (χ2v) is 8.97. The Bertz CT molecular complexity index is 1190. The molecule has 3 aromatic rings. The van der Waals surface area contributed by atoms with Crippen molar-refractivity contribution in [3.63, 3.8) is 0 Å². The van der Waals surface area contributed by atoms with E-state index in [1.807, 2.05) is 13.0 Å². The third-order valence-corrected chi connectivity index (χ3v) is 6.84. The predicted molar refractivity (Wildman–Crippen MR) is 120 cm³/mol. The molecule has 29 heavy (non-hydrogen) atoms. The van der Waals surface area contributed by atoms with Crippen molar-refractivity contribution in [2.45, 2.75) is 50.7 Å². The van der Waals surface area contributed by atoms with Crippen LogP contribution in [0, 0.1) is 0 Å². The minimum Gasteiger partial charge on any atom is -0.268 e. The highest BCUT2D eigenvalue weighted by atomic mass is 32.2. The highest BCUT2D eigenvalue weighted by molar-refractivity contribution is 7.99. The lowest BCUT2D eigenvalue weighted by atomic mass is 9.69. The van der Waals surface area contributed by atoms with E-state index in [4.69, 9.17) is 4.98 Å². The van der Waals surface area contributed by atoms with E-state index in [1.165, 1.54) is 17.3 Å². The lowest BCUT2D eigenvalue weighted by Crippen LogP contribution is -2.37. The number of thioether (sulfide) groups is 1. The van der Waals surface area contributed by atoms with Crippen molar-refractivity contribution in [2.24, 2.45) is 0 Å². The number of allylic oxidation sites excluding steroid dienone is 1. The average Bonchev–Trinajstić information content (AvgIpc) is 3.04. The van der Waals surface area contributed by atoms with Crippen LogP contribution in [0.25, 0.3) is 17.0 Å². The molecule has 0 bridgehead atoms. The molecule has 1 aromatic carbocycles. The van der Waals surface area contributed by atoms with E-state index < -0.39 is 0 Å². The molecule has 0 N–H and O–H groups in total. The van der Waals surface area contributed by atoms with Gasteiger partial charge in [-0.05, 0) is 25.3 Å². The summed E-state index contributed by atoms with van der Waals surface area (Å²) in [5.74, 6) is 1.27. The summed E-state index contributed by atoms with van der Waals surface area (Å²) in [6, 6.07) is 8.28. The molecule has 0 amide bonds. The first-order valence-electron chi connectivity index (χ1n) is 9.90. The van der Waals surface area contributed by atoms with Crippen LogP contribution in [-0.4, -0.2) is 24.9 Å². The summed E-state index contributed by atoms with van der Waals surface area (Å²) >= 11 is 1.52. The van der Waals surface area contributed by atoms with Crippen LogP contribution in [0.3, 0.4) is 0 Å². The van der Waals surface area contributed by atoms with Gasteiger partial charge in [0.1, 0.15) is 0 Å². The molecule has 0 fully saturated rings. The highest BCUT2D eigenvalue weighted by Gasteiger charge is 2.38. The normalized spacial score (nSPS) is 17.8. The molecule has 0 spiro atoms. The molecular weight excluding hydrogens is 380 g/mol. The van der Waals surface area contributed by atoms with Crippen molar-refractivity contribution < 1.29 is 0 Å². The second-order valence-electron chi connectivity index (χ2n) is 8.02. The summed E-state index contributed by atoms with van der Waals surface area (Å²) in [6.45, 7) is 14.6. The number of hydrogen-bond acceptors (Lipinski definition) is 4. The topological polar surface area (TPSA) is 52.2 Å². The monoisotopic (exact) mass is 406 g/mol. The molecule has 0 radical (unpaired) electrons. The molecule has 0 aliphatic heterocycles. The SMILES string of the molecule is C=CCn1nc(SCC(=C)C)n2c(=O)c3c(nc12)-c1ccccc1C[C@@]3(C)CC. The fourth-order valence-corrected chi connectivity index (χ4v) is 4.85. The standard InChI is InChI=1S/C23H26N4OS/c1-6-12-26-21-24-19-17-11-9-8-10-16(17)13-23(5,7-2)18(19)20(28)27(21)22(25-26)29-14-15(3)4/h6,8-11H,1,3,7,12-14H2,2,4-5H3/t23-/m1/s1. The average molecular weight is 407 g/mol. The van der Waals surface area contributed by atoms with Gasteiger partial charge in [-0.25, -0.2) is 14.1 Å². The van der Waals surface area contributed by atoms with Crippen molar-refractivity contribution in [3.8, 4) is 11.3 Å². The lowest BCUT2D eigenvalue weighted by Gasteiger charge is -2.35. The Kier molecular flexibility index (Phi) is 4.99. The number of hydrogen-bond donors (Lipinski definition) is 0. The van der Waals surface area contributed by atoms with Gasteiger partial charge >= 0.3 is 0 Å². The highest BCUT2D eigenvalue weighted by Crippen LogP contribution is 2.42. The van der Waals surface area contributed by atoms with Crippen LogP contribution in [0.2, 0.25) is 0 Å². The van der Waals surface area contributed by atoms with Crippen molar-refractivity contribution in [1.82, 2.24) is 19.2 Å². The Morgan fingerprint density at radius 1 is 1.38 bits per heavy atom. The zero-order valence-corrected chi connectivity index (χ0v) is 18.1. The smallest absolute Gasteiger partial charge is 0.265 e. The van der Waals surface area contributed by atoms with Gasteiger partial charge in [0, 0.05) is 16.7 Å². The Morgan fingerprint density at radius 3 is 2.83 bits per heavy atom. The minimum absolute atomic E-state index is 0.0108. The van der Waals surface area contributed by atoms with Crippen LogP contribution >= 0.6 is 11.8 Å². The van der Waals surface area contributed by atoms with Gasteiger partial charge < -0.3 is 0 Å². The fraction of sp³-hybridized carbons (Fsp3) is 0.348. The minimum atomic E-state index is -0.258. The van der Waals surface area contributed by atoms with Crippen LogP contribution in [0.1, 0.15) is 38.3 Å². The van der Waals surface area contributed by atoms with Gasteiger partial charge in [-0.3, -0.25) is 4.79 Å².